The highest BCUT2D eigenvalue weighted by Gasteiger charge is 2.27. The molecule has 3 aromatic carbocycles. The number of likely N-dealkylation sites (N-methyl/N-ethyl adjacent to an activating group) is 1. The third-order valence-electron chi connectivity index (χ3n) is 5.39. The Hall–Kier alpha value is -2.85. The zero-order valence-electron chi connectivity index (χ0n) is 17.4. The molecular formula is C25H27ClN2O2. The van der Waals surface area contributed by atoms with Crippen LogP contribution in [0.15, 0.2) is 66.7 Å². The minimum atomic E-state index is -0.509. The zero-order valence-corrected chi connectivity index (χ0v) is 18.2. The Kier molecular flexibility index (Phi) is 7.47. The molecule has 0 bridgehead atoms. The minimum Gasteiger partial charge on any atom is -0.357 e. The number of carbonyl (C=O) groups is 2. The van der Waals surface area contributed by atoms with Crippen LogP contribution in [0.2, 0.25) is 5.02 Å². The molecule has 0 aromatic heterocycles. The Morgan fingerprint density at radius 3 is 2.40 bits per heavy atom. The van der Waals surface area contributed by atoms with Gasteiger partial charge in [-0.25, -0.2) is 0 Å². The molecule has 0 radical (unpaired) electrons. The van der Waals surface area contributed by atoms with Crippen molar-refractivity contribution in [3.05, 3.63) is 82.9 Å². The molecular weight excluding hydrogens is 396 g/mol. The van der Waals surface area contributed by atoms with Crippen molar-refractivity contribution >= 4 is 34.2 Å². The van der Waals surface area contributed by atoms with Gasteiger partial charge in [-0.1, -0.05) is 73.1 Å². The van der Waals surface area contributed by atoms with Gasteiger partial charge in [0.2, 0.25) is 11.8 Å². The van der Waals surface area contributed by atoms with Crippen molar-refractivity contribution in [3.63, 3.8) is 0 Å². The number of aryl methyl sites for hydroxylation is 1. The molecule has 30 heavy (non-hydrogen) atoms. The molecule has 3 aromatic rings. The second-order valence-electron chi connectivity index (χ2n) is 7.32. The van der Waals surface area contributed by atoms with Crippen LogP contribution in [-0.2, 0) is 22.6 Å². The standard InChI is InChI=1S/C25H27ClN2O2/c1-3-23(25(30)27-2)28(17-18-11-14-21(26)15-12-18)24(29)16-13-20-9-6-8-19-7-4-5-10-22(19)20/h4-12,14-15,23H,3,13,16-17H2,1-2H3,(H,27,30)/t23-/m1/s1. The van der Waals surface area contributed by atoms with Crippen LogP contribution in [0.25, 0.3) is 10.8 Å². The van der Waals surface area contributed by atoms with Crippen LogP contribution in [0.4, 0.5) is 0 Å². The lowest BCUT2D eigenvalue weighted by Gasteiger charge is -2.30. The predicted octanol–water partition coefficient (Wildman–Crippen LogP) is 4.98. The molecule has 1 atom stereocenters. The van der Waals surface area contributed by atoms with E-state index in [1.54, 1.807) is 24.1 Å². The largest absolute Gasteiger partial charge is 0.357 e. The Labute approximate surface area is 182 Å². The van der Waals surface area contributed by atoms with Gasteiger partial charge < -0.3 is 10.2 Å². The number of carbonyl (C=O) groups excluding carboxylic acids is 2. The van der Waals surface area contributed by atoms with Gasteiger partial charge in [0.15, 0.2) is 0 Å². The van der Waals surface area contributed by atoms with Crippen LogP contribution in [0.1, 0.15) is 30.9 Å². The number of nitrogens with one attached hydrogen (secondary N) is 1. The van der Waals surface area contributed by atoms with E-state index in [0.717, 1.165) is 21.9 Å². The fourth-order valence-corrected chi connectivity index (χ4v) is 3.89. The van der Waals surface area contributed by atoms with E-state index in [1.807, 2.05) is 37.3 Å². The Balaban J connectivity index is 1.81. The topological polar surface area (TPSA) is 49.4 Å². The maximum absolute atomic E-state index is 13.3. The molecule has 0 unspecified atom stereocenters. The first-order valence-electron chi connectivity index (χ1n) is 10.3. The summed E-state index contributed by atoms with van der Waals surface area (Å²) in [6.45, 7) is 2.30. The van der Waals surface area contributed by atoms with Crippen LogP contribution in [0, 0.1) is 0 Å². The van der Waals surface area contributed by atoms with Crippen molar-refractivity contribution in [2.75, 3.05) is 7.05 Å². The van der Waals surface area contributed by atoms with Gasteiger partial charge in [-0.15, -0.1) is 0 Å². The van der Waals surface area contributed by atoms with Crippen LogP contribution >= 0.6 is 11.6 Å². The smallest absolute Gasteiger partial charge is 0.242 e. The van der Waals surface area contributed by atoms with Crippen molar-refractivity contribution in [2.24, 2.45) is 0 Å². The number of nitrogens with zero attached hydrogens (tertiary/aromatic N) is 1. The van der Waals surface area contributed by atoms with Crippen molar-refractivity contribution in [3.8, 4) is 0 Å². The molecule has 2 amide bonds. The fourth-order valence-electron chi connectivity index (χ4n) is 3.77. The average Bonchev–Trinajstić information content (AvgIpc) is 2.78. The minimum absolute atomic E-state index is 0.0339. The summed E-state index contributed by atoms with van der Waals surface area (Å²) in [6.07, 6.45) is 1.52. The molecule has 0 saturated heterocycles. The SMILES string of the molecule is CC[C@H](C(=O)NC)N(Cc1ccc(Cl)cc1)C(=O)CCc1cccc2ccccc12. The van der Waals surface area contributed by atoms with Gasteiger partial charge in [0, 0.05) is 25.0 Å². The van der Waals surface area contributed by atoms with Crippen LogP contribution in [0.3, 0.4) is 0 Å². The van der Waals surface area contributed by atoms with Crippen molar-refractivity contribution < 1.29 is 9.59 Å². The van der Waals surface area contributed by atoms with Gasteiger partial charge >= 0.3 is 0 Å². The maximum atomic E-state index is 13.3. The number of halogens is 1. The van der Waals surface area contributed by atoms with Gasteiger partial charge in [-0.05, 0) is 46.9 Å². The molecule has 1 N–H and O–H groups in total. The number of benzene rings is 3. The highest BCUT2D eigenvalue weighted by molar-refractivity contribution is 6.30. The predicted molar refractivity (Wildman–Crippen MR) is 122 cm³/mol. The van der Waals surface area contributed by atoms with E-state index < -0.39 is 6.04 Å². The van der Waals surface area contributed by atoms with Crippen molar-refractivity contribution in [2.45, 2.75) is 38.8 Å². The number of rotatable bonds is 8. The summed E-state index contributed by atoms with van der Waals surface area (Å²) in [4.78, 5) is 27.4. The Morgan fingerprint density at radius 1 is 1.00 bits per heavy atom. The summed E-state index contributed by atoms with van der Waals surface area (Å²) in [6, 6.07) is 21.2. The molecule has 0 aliphatic heterocycles. The summed E-state index contributed by atoms with van der Waals surface area (Å²) < 4.78 is 0. The van der Waals surface area contributed by atoms with Gasteiger partial charge in [-0.3, -0.25) is 9.59 Å². The van der Waals surface area contributed by atoms with Gasteiger partial charge in [0.25, 0.3) is 0 Å². The average molecular weight is 423 g/mol. The van der Waals surface area contributed by atoms with E-state index in [0.29, 0.717) is 30.8 Å². The van der Waals surface area contributed by atoms with E-state index >= 15 is 0 Å². The van der Waals surface area contributed by atoms with E-state index in [2.05, 4.69) is 29.6 Å². The summed E-state index contributed by atoms with van der Waals surface area (Å²) in [7, 11) is 1.60. The third-order valence-corrected chi connectivity index (χ3v) is 5.64. The van der Waals surface area contributed by atoms with E-state index in [9.17, 15) is 9.59 Å². The summed E-state index contributed by atoms with van der Waals surface area (Å²) in [5, 5.41) is 5.66. The normalized spacial score (nSPS) is 11.8. The lowest BCUT2D eigenvalue weighted by molar-refractivity contribution is -0.141. The van der Waals surface area contributed by atoms with Crippen LogP contribution in [0.5, 0.6) is 0 Å². The molecule has 156 valence electrons. The summed E-state index contributed by atoms with van der Waals surface area (Å²) >= 11 is 5.99. The quantitative estimate of drug-likeness (QED) is 0.556. The van der Waals surface area contributed by atoms with Crippen LogP contribution in [-0.4, -0.2) is 29.8 Å². The number of fused-ring (bicyclic) bond motifs is 1. The van der Waals surface area contributed by atoms with Crippen molar-refractivity contribution in [1.29, 1.82) is 0 Å². The molecule has 3 rings (SSSR count). The van der Waals surface area contributed by atoms with Crippen LogP contribution < -0.4 is 5.32 Å². The first-order chi connectivity index (χ1) is 14.5. The highest BCUT2D eigenvalue weighted by atomic mass is 35.5. The van der Waals surface area contributed by atoms with Crippen molar-refractivity contribution in [1.82, 2.24) is 10.2 Å². The fraction of sp³-hybridized carbons (Fsp3) is 0.280. The Morgan fingerprint density at radius 2 is 1.70 bits per heavy atom. The summed E-state index contributed by atoms with van der Waals surface area (Å²) in [5.41, 5.74) is 2.08. The lowest BCUT2D eigenvalue weighted by atomic mass is 10.00. The van der Waals surface area contributed by atoms with Gasteiger partial charge in [-0.2, -0.15) is 0 Å². The number of hydrogen-bond acceptors (Lipinski definition) is 2. The van der Waals surface area contributed by atoms with E-state index in [4.69, 9.17) is 11.6 Å². The second-order valence-corrected chi connectivity index (χ2v) is 7.76. The van der Waals surface area contributed by atoms with E-state index in [-0.39, 0.29) is 11.8 Å². The lowest BCUT2D eigenvalue weighted by Crippen LogP contribution is -2.48. The summed E-state index contributed by atoms with van der Waals surface area (Å²) in [5.74, 6) is -0.182. The number of hydrogen-bond donors (Lipinski definition) is 1. The molecule has 5 heteroatoms. The molecule has 0 spiro atoms. The molecule has 0 aliphatic carbocycles. The highest BCUT2D eigenvalue weighted by Crippen LogP contribution is 2.21. The first-order valence-corrected chi connectivity index (χ1v) is 10.6. The van der Waals surface area contributed by atoms with Gasteiger partial charge in [0.05, 0.1) is 0 Å². The maximum Gasteiger partial charge on any atom is 0.242 e. The molecule has 0 heterocycles. The molecule has 0 aliphatic rings. The first kappa shape index (κ1) is 21.8. The molecule has 4 nitrogen and oxygen atoms in total. The number of amides is 2. The second kappa shape index (κ2) is 10.3. The van der Waals surface area contributed by atoms with Gasteiger partial charge in [0.1, 0.15) is 6.04 Å². The molecule has 0 saturated carbocycles. The zero-order chi connectivity index (χ0) is 21.5. The Bertz CT molecular complexity index is 1010. The molecule has 0 fully saturated rings. The monoisotopic (exact) mass is 422 g/mol. The third kappa shape index (κ3) is 5.19. The van der Waals surface area contributed by atoms with E-state index in [1.165, 1.54) is 0 Å².